The number of carbonyl (C=O) groups is 11. The van der Waals surface area contributed by atoms with Crippen molar-refractivity contribution in [3.05, 3.63) is 89.9 Å². The van der Waals surface area contributed by atoms with Crippen LogP contribution in [0.1, 0.15) is 95.9 Å². The predicted molar refractivity (Wildman–Crippen MR) is 300 cm³/mol. The molecule has 0 spiro atoms. The Balaban J connectivity index is 1.48. The van der Waals surface area contributed by atoms with Crippen LogP contribution in [0.2, 0.25) is 0 Å². The number of ketones is 4. The van der Waals surface area contributed by atoms with Crippen LogP contribution in [-0.4, -0.2) is 139 Å². The van der Waals surface area contributed by atoms with Crippen molar-refractivity contribution in [3.8, 4) is 0 Å². The largest absolute Gasteiger partial charge is 0.391 e. The van der Waals surface area contributed by atoms with Crippen molar-refractivity contribution in [2.45, 2.75) is 135 Å². The second-order valence-electron chi connectivity index (χ2n) is 20.7. The van der Waals surface area contributed by atoms with Crippen LogP contribution in [0.25, 0.3) is 10.9 Å². The lowest BCUT2D eigenvalue weighted by atomic mass is 9.88. The topological polar surface area (TPSA) is 391 Å². The van der Waals surface area contributed by atoms with Crippen molar-refractivity contribution in [2.24, 2.45) is 40.9 Å². The van der Waals surface area contributed by atoms with Gasteiger partial charge >= 0.3 is 0 Å². The van der Waals surface area contributed by atoms with E-state index >= 15 is 0 Å². The molecule has 440 valence electrons. The molecule has 7 amide bonds. The Kier molecular flexibility index (Phi) is 26.5. The van der Waals surface area contributed by atoms with E-state index in [-0.39, 0.29) is 38.0 Å². The molecule has 23 nitrogen and oxygen atoms in total. The van der Waals surface area contributed by atoms with E-state index in [9.17, 15) is 62.2 Å². The first-order valence-electron chi connectivity index (χ1n) is 26.7. The monoisotopic (exact) mass is 1150 g/mol. The number of nitrogens with zero attached hydrogens (tertiary/aromatic N) is 1. The summed E-state index contributed by atoms with van der Waals surface area (Å²) in [5.74, 6) is -11.3. The molecular weight excluding hydrogens is 1070 g/mol. The number of primary amides is 2. The van der Waals surface area contributed by atoms with Gasteiger partial charge in [0, 0.05) is 91.7 Å². The zero-order chi connectivity index (χ0) is 59.9. The van der Waals surface area contributed by atoms with Crippen molar-refractivity contribution >= 4 is 87.1 Å². The fourth-order valence-electron chi connectivity index (χ4n) is 9.17. The molecule has 0 saturated heterocycles. The number of hydrogen-bond acceptors (Lipinski definition) is 15. The van der Waals surface area contributed by atoms with Gasteiger partial charge in [-0.15, -0.1) is 0 Å². The Morgan fingerprint density at radius 3 is 1.90 bits per heavy atom. The number of H-pyrrole nitrogens is 2. The number of halogens is 1. The first-order valence-corrected chi connectivity index (χ1v) is 28.1. The molecule has 0 unspecified atom stereocenters. The van der Waals surface area contributed by atoms with E-state index in [1.807, 2.05) is 38.3 Å². The Morgan fingerprint density at radius 2 is 1.28 bits per heavy atom. The van der Waals surface area contributed by atoms with Crippen molar-refractivity contribution in [3.63, 3.8) is 0 Å². The normalized spacial score (nSPS) is 14.7. The summed E-state index contributed by atoms with van der Waals surface area (Å²) in [7, 11) is 0. The SMILES string of the molecule is CSCC[C@H](NC(=O)[C@@H](CC(=O)[C@H](Cc1cnc[nH]1)NC(=O)CCC(=O)[C@@H](NC(=O)[C@H](C)CC(=O)[C@H](Cc1c[nH]c2ccccc12)NC(=O)[C@@H](CC(=O)[C@H](CC(N)=O)NC(=O)CN)CC(C)C)[C@@H](C)O)Cc1ccc(F)cc1)C(N)=O. The van der Waals surface area contributed by atoms with E-state index in [0.29, 0.717) is 22.6 Å². The van der Waals surface area contributed by atoms with Gasteiger partial charge in [-0.05, 0) is 73.4 Å². The van der Waals surface area contributed by atoms with Crippen molar-refractivity contribution in [2.75, 3.05) is 18.6 Å². The minimum Gasteiger partial charge on any atom is -0.391 e. The highest BCUT2D eigenvalue weighted by Crippen LogP contribution is 2.24. The zero-order valence-corrected chi connectivity index (χ0v) is 47.0. The fraction of sp³-hybridized carbons (Fsp3) is 0.500. The molecule has 0 aliphatic carbocycles. The maximum Gasteiger partial charge on any atom is 0.240 e. The van der Waals surface area contributed by atoms with Gasteiger partial charge in [0.15, 0.2) is 23.1 Å². The lowest BCUT2D eigenvalue weighted by Crippen LogP contribution is -2.51. The molecule has 0 aliphatic rings. The molecule has 0 saturated carbocycles. The number of Topliss-reactive ketones (excluding diaryl/α,β-unsaturated/α-hetero) is 4. The molecule has 0 bridgehead atoms. The third-order valence-electron chi connectivity index (χ3n) is 13.6. The molecule has 25 heteroatoms. The number of nitrogens with two attached hydrogens (primary N) is 3. The smallest absolute Gasteiger partial charge is 0.240 e. The Hall–Kier alpha value is -7.64. The van der Waals surface area contributed by atoms with Crippen molar-refractivity contribution in [1.29, 1.82) is 0 Å². The van der Waals surface area contributed by atoms with Gasteiger partial charge in [0.25, 0.3) is 0 Å². The summed E-state index contributed by atoms with van der Waals surface area (Å²) in [5.41, 5.74) is 18.7. The van der Waals surface area contributed by atoms with Gasteiger partial charge in [0.2, 0.25) is 41.4 Å². The van der Waals surface area contributed by atoms with Gasteiger partial charge in [-0.25, -0.2) is 9.37 Å². The Labute approximate surface area is 473 Å². The van der Waals surface area contributed by atoms with Gasteiger partial charge in [0.05, 0.1) is 43.5 Å². The molecule has 0 fully saturated rings. The number of aromatic nitrogens is 3. The number of hydrogen-bond donors (Lipinski definition) is 11. The molecule has 2 heterocycles. The third-order valence-corrected chi connectivity index (χ3v) is 14.2. The number of aromatic amines is 2. The molecule has 4 aromatic rings. The van der Waals surface area contributed by atoms with E-state index in [4.69, 9.17) is 17.2 Å². The highest BCUT2D eigenvalue weighted by Gasteiger charge is 2.35. The maximum absolute atomic E-state index is 14.3. The highest BCUT2D eigenvalue weighted by atomic mass is 32.2. The first-order chi connectivity index (χ1) is 38.4. The standard InChI is InChI=1S/C56H76FN11O12S/c1-30(2)18-34(22-48(73)44(25-49(59)74)65-51(76)26-58)55(79)67-42(21-36-27-62-40-9-7-6-8-39(36)40)46(71)19-31(3)54(78)68-52(32(4)69)45(70)14-15-50(75)64-43(24-38-28-61-29-63-38)47(72)23-35(20-33-10-12-37(57)13-11-33)56(80)66-41(53(60)77)16-17-81-5/h6-13,27-32,34-35,41-44,52,62,69H,14-26,58H2,1-5H3,(H2,59,74)(H2,60,77)(H,61,63)(H,64,75)(H,65,76)(H,66,80)(H,67,79)(H,68,78)/t31-,32-,34-,35-,41+,42+,43+,44+,52+/m1/s1. The second-order valence-corrected chi connectivity index (χ2v) is 21.7. The summed E-state index contributed by atoms with van der Waals surface area (Å²) in [5, 5.41) is 24.5. The van der Waals surface area contributed by atoms with Crippen molar-refractivity contribution in [1.82, 2.24) is 41.5 Å². The molecular formula is C56H76FN11O12S. The average molecular weight is 1150 g/mol. The summed E-state index contributed by atoms with van der Waals surface area (Å²) < 4.78 is 13.8. The number of fused-ring (bicyclic) bond motifs is 1. The van der Waals surface area contributed by atoms with E-state index in [1.54, 1.807) is 12.3 Å². The van der Waals surface area contributed by atoms with Crippen LogP contribution in [0.4, 0.5) is 4.39 Å². The quantitative estimate of drug-likeness (QED) is 0.0301. The number of amides is 7. The third kappa shape index (κ3) is 21.7. The minimum atomic E-state index is -1.56. The molecule has 14 N–H and O–H groups in total. The Morgan fingerprint density at radius 1 is 0.667 bits per heavy atom. The molecule has 81 heavy (non-hydrogen) atoms. The summed E-state index contributed by atoms with van der Waals surface area (Å²) in [6, 6.07) is 6.08. The van der Waals surface area contributed by atoms with Crippen molar-refractivity contribution < 1.29 is 62.2 Å². The number of imidazole rings is 1. The fourth-order valence-corrected chi connectivity index (χ4v) is 9.64. The van der Waals surface area contributed by atoms with Crippen LogP contribution in [0.5, 0.6) is 0 Å². The number of para-hydroxylation sites is 1. The molecule has 9 atom stereocenters. The predicted octanol–water partition coefficient (Wildman–Crippen LogP) is 1.08. The van der Waals surface area contributed by atoms with Gasteiger partial charge < -0.3 is 58.9 Å². The number of rotatable bonds is 37. The number of aliphatic hydroxyl groups is 1. The van der Waals surface area contributed by atoms with Crippen LogP contribution in [0, 0.1) is 29.5 Å². The number of aliphatic hydroxyl groups excluding tert-OH is 1. The summed E-state index contributed by atoms with van der Waals surface area (Å²) in [6.07, 6.45) is 2.08. The van der Waals surface area contributed by atoms with Crippen LogP contribution in [0.3, 0.4) is 0 Å². The van der Waals surface area contributed by atoms with Gasteiger partial charge in [-0.1, -0.05) is 51.1 Å². The maximum atomic E-state index is 14.3. The first kappa shape index (κ1) is 65.9. The molecule has 4 rings (SSSR count). The minimum absolute atomic E-state index is 0.0447. The highest BCUT2D eigenvalue weighted by molar-refractivity contribution is 7.98. The molecule has 2 aromatic carbocycles. The molecule has 2 aromatic heterocycles. The molecule has 0 radical (unpaired) electrons. The van der Waals surface area contributed by atoms with Gasteiger partial charge in [0.1, 0.15) is 17.9 Å². The van der Waals surface area contributed by atoms with E-state index in [2.05, 4.69) is 41.5 Å². The summed E-state index contributed by atoms with van der Waals surface area (Å²) in [4.78, 5) is 157. The van der Waals surface area contributed by atoms with Gasteiger partial charge in [-0.2, -0.15) is 11.8 Å². The number of benzene rings is 2. The van der Waals surface area contributed by atoms with E-state index in [1.165, 1.54) is 62.4 Å². The number of carbonyl (C=O) groups excluding carboxylic acids is 11. The van der Waals surface area contributed by atoms with Crippen LogP contribution in [-0.2, 0) is 72.0 Å². The Bertz CT molecular complexity index is 2830. The zero-order valence-electron chi connectivity index (χ0n) is 46.2. The molecule has 0 aliphatic heterocycles. The van der Waals surface area contributed by atoms with Gasteiger partial charge in [-0.3, -0.25) is 52.7 Å². The second kappa shape index (κ2) is 32.6. The van der Waals surface area contributed by atoms with E-state index in [0.717, 1.165) is 10.9 Å². The number of thioether (sulfide) groups is 1. The van der Waals surface area contributed by atoms with Crippen LogP contribution < -0.4 is 43.8 Å². The lowest BCUT2D eigenvalue weighted by Gasteiger charge is -2.26. The van der Waals surface area contributed by atoms with Crippen LogP contribution >= 0.6 is 11.8 Å². The number of nitrogens with one attached hydrogen (secondary N) is 7. The summed E-state index contributed by atoms with van der Waals surface area (Å²) in [6.45, 7) is 5.83. The van der Waals surface area contributed by atoms with E-state index < -0.39 is 169 Å². The lowest BCUT2D eigenvalue weighted by molar-refractivity contribution is -0.136. The average Bonchev–Trinajstić information content (AvgIpc) is 4.10. The summed E-state index contributed by atoms with van der Waals surface area (Å²) >= 11 is 1.44. The van der Waals surface area contributed by atoms with Crippen LogP contribution in [0.15, 0.2) is 67.3 Å².